The summed E-state index contributed by atoms with van der Waals surface area (Å²) in [6.45, 7) is 6.38. The van der Waals surface area contributed by atoms with Gasteiger partial charge in [0.25, 0.3) is 0 Å². The molecule has 2 heterocycles. The molecule has 0 spiro atoms. The molecule has 0 aliphatic carbocycles. The summed E-state index contributed by atoms with van der Waals surface area (Å²) in [6.07, 6.45) is 0. The number of fused-ring (bicyclic) bond motifs is 1. The summed E-state index contributed by atoms with van der Waals surface area (Å²) in [5, 5.41) is 0. The van der Waals surface area contributed by atoms with Gasteiger partial charge in [0.1, 0.15) is 22.9 Å². The summed E-state index contributed by atoms with van der Waals surface area (Å²) in [4.78, 5) is 13.1. The number of imidazole rings is 1. The Morgan fingerprint density at radius 2 is 1.67 bits per heavy atom. The van der Waals surface area contributed by atoms with Crippen molar-refractivity contribution < 1.29 is 9.47 Å². The van der Waals surface area contributed by atoms with Crippen molar-refractivity contribution in [2.45, 2.75) is 6.92 Å². The van der Waals surface area contributed by atoms with E-state index >= 15 is 0 Å². The van der Waals surface area contributed by atoms with Gasteiger partial charge in [0, 0.05) is 31.9 Å². The number of nitrogens with one attached hydrogen (secondary N) is 1. The highest BCUT2D eigenvalue weighted by atomic mass is 16.5. The van der Waals surface area contributed by atoms with Gasteiger partial charge >= 0.3 is 0 Å². The minimum atomic E-state index is 0.741. The number of nitrogens with zero attached hydrogens (tertiary/aromatic N) is 3. The van der Waals surface area contributed by atoms with Gasteiger partial charge < -0.3 is 24.3 Å². The second-order valence-electron chi connectivity index (χ2n) is 7.07. The first-order chi connectivity index (χ1) is 13.1. The van der Waals surface area contributed by atoms with Gasteiger partial charge in [0.15, 0.2) is 0 Å². The first-order valence-corrected chi connectivity index (χ1v) is 9.26. The summed E-state index contributed by atoms with van der Waals surface area (Å²) in [5.74, 6) is 2.24. The van der Waals surface area contributed by atoms with E-state index in [2.05, 4.69) is 40.9 Å². The summed E-state index contributed by atoms with van der Waals surface area (Å²) < 4.78 is 11.1. The zero-order valence-electron chi connectivity index (χ0n) is 16.4. The maximum absolute atomic E-state index is 5.54. The van der Waals surface area contributed by atoms with Gasteiger partial charge in [0.05, 0.1) is 25.3 Å². The molecule has 1 aliphatic rings. The number of hydrogen-bond donors (Lipinski definition) is 1. The lowest BCUT2D eigenvalue weighted by Gasteiger charge is -2.34. The van der Waals surface area contributed by atoms with Crippen LogP contribution in [0.5, 0.6) is 11.5 Å². The highest BCUT2D eigenvalue weighted by Gasteiger charge is 2.19. The first-order valence-electron chi connectivity index (χ1n) is 9.26. The SMILES string of the molecule is COc1cccc(OC)c1-c1nc2c(C)cc(N3CCN(C)CC3)cc2[nH]1. The minimum absolute atomic E-state index is 0.741. The smallest absolute Gasteiger partial charge is 0.146 e. The van der Waals surface area contributed by atoms with Crippen molar-refractivity contribution in [1.82, 2.24) is 14.9 Å². The van der Waals surface area contributed by atoms with Crippen LogP contribution in [0.3, 0.4) is 0 Å². The van der Waals surface area contributed by atoms with Crippen LogP contribution >= 0.6 is 0 Å². The lowest BCUT2D eigenvalue weighted by molar-refractivity contribution is 0.313. The molecule has 1 aliphatic heterocycles. The molecule has 1 saturated heterocycles. The molecule has 0 saturated carbocycles. The number of aromatic amines is 1. The fourth-order valence-electron chi connectivity index (χ4n) is 3.72. The molecule has 6 nitrogen and oxygen atoms in total. The van der Waals surface area contributed by atoms with Crippen molar-refractivity contribution in [2.24, 2.45) is 0 Å². The molecular formula is C21H26N4O2. The molecular weight excluding hydrogens is 340 g/mol. The van der Waals surface area contributed by atoms with Crippen LogP contribution < -0.4 is 14.4 Å². The van der Waals surface area contributed by atoms with Gasteiger partial charge in [-0.15, -0.1) is 0 Å². The third kappa shape index (κ3) is 3.21. The average molecular weight is 366 g/mol. The minimum Gasteiger partial charge on any atom is -0.496 e. The summed E-state index contributed by atoms with van der Waals surface area (Å²) in [5.41, 5.74) is 5.27. The molecule has 0 atom stereocenters. The van der Waals surface area contributed by atoms with Gasteiger partial charge in [0.2, 0.25) is 0 Å². The van der Waals surface area contributed by atoms with Gasteiger partial charge in [-0.3, -0.25) is 0 Å². The van der Waals surface area contributed by atoms with E-state index in [9.17, 15) is 0 Å². The van der Waals surface area contributed by atoms with Crippen LogP contribution in [-0.4, -0.2) is 62.3 Å². The largest absolute Gasteiger partial charge is 0.496 e. The molecule has 1 fully saturated rings. The first kappa shape index (κ1) is 17.7. The van der Waals surface area contributed by atoms with E-state index in [1.54, 1.807) is 14.2 Å². The Kier molecular flexibility index (Phi) is 4.66. The van der Waals surface area contributed by atoms with E-state index in [0.29, 0.717) is 0 Å². The standard InChI is InChI=1S/C21H26N4O2/c1-14-12-15(25-10-8-24(2)9-11-25)13-16-20(14)23-21(22-16)19-17(26-3)6-5-7-18(19)27-4/h5-7,12-13H,8-11H2,1-4H3,(H,22,23). The van der Waals surface area contributed by atoms with Crippen molar-refractivity contribution in [2.75, 3.05) is 52.3 Å². The van der Waals surface area contributed by atoms with Crippen molar-refractivity contribution in [3.05, 3.63) is 35.9 Å². The quantitative estimate of drug-likeness (QED) is 0.768. The van der Waals surface area contributed by atoms with Crippen LogP contribution in [0.25, 0.3) is 22.4 Å². The van der Waals surface area contributed by atoms with Crippen LogP contribution in [0.1, 0.15) is 5.56 Å². The fourth-order valence-corrected chi connectivity index (χ4v) is 3.72. The maximum atomic E-state index is 5.54. The normalized spacial score (nSPS) is 15.3. The molecule has 4 rings (SSSR count). The average Bonchev–Trinajstić information content (AvgIpc) is 3.12. The molecule has 142 valence electrons. The molecule has 0 unspecified atom stereocenters. The lowest BCUT2D eigenvalue weighted by atomic mass is 10.1. The van der Waals surface area contributed by atoms with Gasteiger partial charge in [-0.1, -0.05) is 6.07 Å². The molecule has 0 radical (unpaired) electrons. The number of benzene rings is 2. The third-order valence-corrected chi connectivity index (χ3v) is 5.29. The Hall–Kier alpha value is -2.73. The Bertz CT molecular complexity index is 936. The fraction of sp³-hybridized carbons (Fsp3) is 0.381. The van der Waals surface area contributed by atoms with Gasteiger partial charge in [-0.05, 0) is 43.8 Å². The number of aryl methyl sites for hydroxylation is 1. The molecule has 2 aromatic carbocycles. The number of piperazine rings is 1. The Morgan fingerprint density at radius 1 is 1.00 bits per heavy atom. The maximum Gasteiger partial charge on any atom is 0.146 e. The van der Waals surface area contributed by atoms with Crippen LogP contribution in [-0.2, 0) is 0 Å². The van der Waals surface area contributed by atoms with E-state index in [4.69, 9.17) is 14.5 Å². The summed E-state index contributed by atoms with van der Waals surface area (Å²) in [7, 11) is 5.50. The third-order valence-electron chi connectivity index (χ3n) is 5.29. The number of hydrogen-bond acceptors (Lipinski definition) is 5. The zero-order chi connectivity index (χ0) is 19.0. The van der Waals surface area contributed by atoms with Crippen molar-refractivity contribution >= 4 is 16.7 Å². The number of ether oxygens (including phenoxy) is 2. The van der Waals surface area contributed by atoms with E-state index < -0.39 is 0 Å². The lowest BCUT2D eigenvalue weighted by Crippen LogP contribution is -2.44. The van der Waals surface area contributed by atoms with Crippen LogP contribution in [0.4, 0.5) is 5.69 Å². The number of rotatable bonds is 4. The highest BCUT2D eigenvalue weighted by molar-refractivity contribution is 5.87. The molecule has 1 aromatic heterocycles. The Morgan fingerprint density at radius 3 is 2.30 bits per heavy atom. The van der Waals surface area contributed by atoms with Gasteiger partial charge in [-0.2, -0.15) is 0 Å². The number of aromatic nitrogens is 2. The zero-order valence-corrected chi connectivity index (χ0v) is 16.4. The van der Waals surface area contributed by atoms with Crippen molar-refractivity contribution in [3.8, 4) is 22.9 Å². The van der Waals surface area contributed by atoms with E-state index in [-0.39, 0.29) is 0 Å². The molecule has 0 bridgehead atoms. The van der Waals surface area contributed by atoms with Crippen LogP contribution in [0, 0.1) is 6.92 Å². The molecule has 0 amide bonds. The molecule has 6 heteroatoms. The summed E-state index contributed by atoms with van der Waals surface area (Å²) in [6, 6.07) is 10.2. The Balaban J connectivity index is 1.79. The predicted octanol–water partition coefficient (Wildman–Crippen LogP) is 3.31. The number of methoxy groups -OCH3 is 2. The highest BCUT2D eigenvalue weighted by Crippen LogP contribution is 2.38. The van der Waals surface area contributed by atoms with E-state index in [0.717, 1.165) is 65.7 Å². The second-order valence-corrected chi connectivity index (χ2v) is 7.07. The van der Waals surface area contributed by atoms with Crippen LogP contribution in [0.2, 0.25) is 0 Å². The Labute approximate surface area is 159 Å². The van der Waals surface area contributed by atoms with E-state index in [1.807, 2.05) is 18.2 Å². The van der Waals surface area contributed by atoms with Gasteiger partial charge in [-0.25, -0.2) is 4.98 Å². The predicted molar refractivity (Wildman–Crippen MR) is 109 cm³/mol. The number of anilines is 1. The number of H-pyrrole nitrogens is 1. The number of likely N-dealkylation sites (N-methyl/N-ethyl adjacent to an activating group) is 1. The van der Waals surface area contributed by atoms with Crippen LogP contribution in [0.15, 0.2) is 30.3 Å². The summed E-state index contributed by atoms with van der Waals surface area (Å²) >= 11 is 0. The molecule has 3 aromatic rings. The molecule has 1 N–H and O–H groups in total. The monoisotopic (exact) mass is 366 g/mol. The van der Waals surface area contributed by atoms with E-state index in [1.165, 1.54) is 5.69 Å². The second kappa shape index (κ2) is 7.12. The topological polar surface area (TPSA) is 53.6 Å². The molecule has 27 heavy (non-hydrogen) atoms. The van der Waals surface area contributed by atoms with Crippen molar-refractivity contribution in [1.29, 1.82) is 0 Å². The van der Waals surface area contributed by atoms with Crippen molar-refractivity contribution in [3.63, 3.8) is 0 Å².